The Balaban J connectivity index is 1.34. The summed E-state index contributed by atoms with van der Waals surface area (Å²) in [7, 11) is 0. The van der Waals surface area contributed by atoms with Crippen molar-refractivity contribution >= 4 is 29.4 Å². The van der Waals surface area contributed by atoms with Crippen LogP contribution in [-0.4, -0.2) is 63.8 Å². The van der Waals surface area contributed by atoms with E-state index in [9.17, 15) is 10.1 Å². The molecule has 2 aromatic heterocycles. The lowest BCUT2D eigenvalue weighted by molar-refractivity contribution is 0.0240. The van der Waals surface area contributed by atoms with Crippen molar-refractivity contribution < 1.29 is 9.53 Å². The van der Waals surface area contributed by atoms with Crippen LogP contribution in [0.1, 0.15) is 52.0 Å². The van der Waals surface area contributed by atoms with Crippen LogP contribution in [0.25, 0.3) is 0 Å². The lowest BCUT2D eigenvalue weighted by atomic mass is 10.2. The standard InChI is InChI=1S/C24H32N8O2/c1-24(2,3)34-23(33)32-12-10-31(11-13-32)19-8-9-20(26-16-19)29-22-27-15-17(14-25)21(30-22)28-18-6-4-5-7-18/h8-9,15-16,18H,4-7,10-13H2,1-3H3,(H2,26,27,28,29,30). The summed E-state index contributed by atoms with van der Waals surface area (Å²) in [5.41, 5.74) is 0.928. The molecule has 180 valence electrons. The van der Waals surface area contributed by atoms with Gasteiger partial charge in [-0.2, -0.15) is 10.2 Å². The van der Waals surface area contributed by atoms with Crippen molar-refractivity contribution in [3.05, 3.63) is 30.1 Å². The van der Waals surface area contributed by atoms with E-state index in [1.807, 2.05) is 32.9 Å². The van der Waals surface area contributed by atoms with Crippen LogP contribution >= 0.6 is 0 Å². The SMILES string of the molecule is CC(C)(C)OC(=O)N1CCN(c2ccc(Nc3ncc(C#N)c(NC4CCCC4)n3)nc2)CC1. The van der Waals surface area contributed by atoms with Gasteiger partial charge < -0.3 is 25.2 Å². The van der Waals surface area contributed by atoms with E-state index in [0.29, 0.717) is 55.4 Å². The van der Waals surface area contributed by atoms with Crippen LogP contribution < -0.4 is 15.5 Å². The summed E-state index contributed by atoms with van der Waals surface area (Å²) < 4.78 is 5.46. The number of carbonyl (C=O) groups excluding carboxylic acids is 1. The number of carbonyl (C=O) groups is 1. The highest BCUT2D eigenvalue weighted by atomic mass is 16.6. The molecule has 1 aliphatic carbocycles. The van der Waals surface area contributed by atoms with Crippen molar-refractivity contribution in [2.45, 2.75) is 58.1 Å². The Kier molecular flexibility index (Phi) is 7.01. The maximum Gasteiger partial charge on any atom is 0.410 e. The van der Waals surface area contributed by atoms with Gasteiger partial charge >= 0.3 is 6.09 Å². The third-order valence-electron chi connectivity index (χ3n) is 5.89. The first-order valence-electron chi connectivity index (χ1n) is 11.8. The maximum absolute atomic E-state index is 12.3. The Morgan fingerprint density at radius 2 is 1.85 bits per heavy atom. The second-order valence-corrected chi connectivity index (χ2v) is 9.67. The van der Waals surface area contributed by atoms with Crippen LogP contribution in [0.5, 0.6) is 0 Å². The minimum absolute atomic E-state index is 0.269. The molecule has 2 aromatic rings. The number of nitrogens with one attached hydrogen (secondary N) is 2. The van der Waals surface area contributed by atoms with E-state index in [1.165, 1.54) is 19.0 Å². The normalized spacial score (nSPS) is 16.8. The molecule has 4 rings (SSSR count). The number of hydrogen-bond acceptors (Lipinski definition) is 9. The highest BCUT2D eigenvalue weighted by Gasteiger charge is 2.26. The first-order valence-corrected chi connectivity index (χ1v) is 11.8. The van der Waals surface area contributed by atoms with Gasteiger partial charge in [0.2, 0.25) is 5.95 Å². The molecule has 0 bridgehead atoms. The molecule has 1 saturated carbocycles. The first-order chi connectivity index (χ1) is 16.3. The Labute approximate surface area is 200 Å². The largest absolute Gasteiger partial charge is 0.444 e. The fourth-order valence-electron chi connectivity index (χ4n) is 4.13. The predicted octanol–water partition coefficient (Wildman–Crippen LogP) is 3.90. The van der Waals surface area contributed by atoms with E-state index in [2.05, 4.69) is 36.6 Å². The lowest BCUT2D eigenvalue weighted by Crippen LogP contribution is -2.50. The van der Waals surface area contributed by atoms with Crippen molar-refractivity contribution in [2.24, 2.45) is 0 Å². The van der Waals surface area contributed by atoms with Crippen LogP contribution in [0.4, 0.5) is 28.1 Å². The molecule has 0 spiro atoms. The number of hydrogen-bond donors (Lipinski definition) is 2. The summed E-state index contributed by atoms with van der Waals surface area (Å²) >= 11 is 0. The van der Waals surface area contributed by atoms with Gasteiger partial charge in [0.05, 0.1) is 18.1 Å². The summed E-state index contributed by atoms with van der Waals surface area (Å²) in [6, 6.07) is 6.37. The predicted molar refractivity (Wildman–Crippen MR) is 130 cm³/mol. The molecule has 1 aliphatic heterocycles. The molecule has 10 nitrogen and oxygen atoms in total. The Hall–Kier alpha value is -3.61. The Morgan fingerprint density at radius 3 is 2.47 bits per heavy atom. The van der Waals surface area contributed by atoms with Crippen molar-refractivity contribution in [1.82, 2.24) is 19.9 Å². The van der Waals surface area contributed by atoms with Gasteiger partial charge in [-0.3, -0.25) is 0 Å². The second kappa shape index (κ2) is 10.1. The smallest absolute Gasteiger partial charge is 0.410 e. The zero-order valence-corrected chi connectivity index (χ0v) is 20.0. The quantitative estimate of drug-likeness (QED) is 0.679. The minimum atomic E-state index is -0.493. The number of pyridine rings is 1. The molecule has 3 heterocycles. The number of piperazine rings is 1. The van der Waals surface area contributed by atoms with E-state index in [-0.39, 0.29) is 6.09 Å². The average molecular weight is 465 g/mol. The summed E-state index contributed by atoms with van der Waals surface area (Å²) in [5, 5.41) is 15.9. The molecule has 1 saturated heterocycles. The van der Waals surface area contributed by atoms with Gasteiger partial charge in [0.1, 0.15) is 28.9 Å². The average Bonchev–Trinajstić information content (AvgIpc) is 3.32. The van der Waals surface area contributed by atoms with Crippen LogP contribution in [-0.2, 0) is 4.74 Å². The van der Waals surface area contributed by atoms with E-state index in [1.54, 1.807) is 11.1 Å². The summed E-state index contributed by atoms with van der Waals surface area (Å²) in [6.07, 6.45) is 7.63. The maximum atomic E-state index is 12.3. The number of nitrogens with zero attached hydrogens (tertiary/aromatic N) is 6. The molecule has 0 aromatic carbocycles. The van der Waals surface area contributed by atoms with Gasteiger partial charge in [-0.25, -0.2) is 14.8 Å². The van der Waals surface area contributed by atoms with Gasteiger partial charge in [-0.15, -0.1) is 0 Å². The highest BCUT2D eigenvalue weighted by Crippen LogP contribution is 2.24. The van der Waals surface area contributed by atoms with Crippen molar-refractivity contribution in [1.29, 1.82) is 5.26 Å². The highest BCUT2D eigenvalue weighted by molar-refractivity contribution is 5.68. The minimum Gasteiger partial charge on any atom is -0.444 e. The molecule has 2 N–H and O–H groups in total. The molecule has 2 fully saturated rings. The monoisotopic (exact) mass is 464 g/mol. The molecule has 1 amide bonds. The van der Waals surface area contributed by atoms with Crippen molar-refractivity contribution in [3.8, 4) is 6.07 Å². The number of nitriles is 1. The van der Waals surface area contributed by atoms with Crippen LogP contribution in [0.3, 0.4) is 0 Å². The van der Waals surface area contributed by atoms with E-state index in [4.69, 9.17) is 4.74 Å². The third kappa shape index (κ3) is 6.04. The summed E-state index contributed by atoms with van der Waals surface area (Å²) in [4.78, 5) is 29.5. The zero-order chi connectivity index (χ0) is 24.1. The van der Waals surface area contributed by atoms with Crippen LogP contribution in [0.2, 0.25) is 0 Å². The molecule has 0 radical (unpaired) electrons. The van der Waals surface area contributed by atoms with Crippen molar-refractivity contribution in [2.75, 3.05) is 41.7 Å². The Morgan fingerprint density at radius 1 is 1.12 bits per heavy atom. The molecule has 34 heavy (non-hydrogen) atoms. The van der Waals surface area contributed by atoms with Gasteiger partial charge in [0.15, 0.2) is 0 Å². The van der Waals surface area contributed by atoms with Crippen LogP contribution in [0.15, 0.2) is 24.5 Å². The first kappa shape index (κ1) is 23.5. The van der Waals surface area contributed by atoms with Gasteiger partial charge in [0.25, 0.3) is 0 Å². The third-order valence-corrected chi connectivity index (χ3v) is 5.89. The van der Waals surface area contributed by atoms with E-state index in [0.717, 1.165) is 18.5 Å². The lowest BCUT2D eigenvalue weighted by Gasteiger charge is -2.36. The summed E-state index contributed by atoms with van der Waals surface area (Å²) in [6.45, 7) is 8.25. The number of aromatic nitrogens is 3. The number of rotatable bonds is 5. The number of ether oxygens (including phenoxy) is 1. The molecule has 2 aliphatic rings. The van der Waals surface area contributed by atoms with E-state index >= 15 is 0 Å². The summed E-state index contributed by atoms with van der Waals surface area (Å²) in [5.74, 6) is 1.57. The fourth-order valence-corrected chi connectivity index (χ4v) is 4.13. The van der Waals surface area contributed by atoms with Gasteiger partial charge in [-0.05, 0) is 45.7 Å². The molecule has 10 heteroatoms. The fraction of sp³-hybridized carbons (Fsp3) is 0.542. The van der Waals surface area contributed by atoms with Crippen LogP contribution in [0, 0.1) is 11.3 Å². The van der Waals surface area contributed by atoms with Gasteiger partial charge in [-0.1, -0.05) is 12.8 Å². The molecular weight excluding hydrogens is 432 g/mol. The number of anilines is 4. The molecular formula is C24H32N8O2. The number of amides is 1. The van der Waals surface area contributed by atoms with Crippen molar-refractivity contribution in [3.63, 3.8) is 0 Å². The van der Waals surface area contributed by atoms with E-state index < -0.39 is 5.60 Å². The zero-order valence-electron chi connectivity index (χ0n) is 20.0. The molecule has 0 atom stereocenters. The second-order valence-electron chi connectivity index (χ2n) is 9.67. The molecule has 0 unspecified atom stereocenters. The topological polar surface area (TPSA) is 119 Å². The Bertz CT molecular complexity index is 1030. The van der Waals surface area contributed by atoms with Gasteiger partial charge in [0, 0.05) is 32.2 Å².